The third kappa shape index (κ3) is 2.79. The molecule has 2 aliphatic rings. The van der Waals surface area contributed by atoms with Gasteiger partial charge in [0.2, 0.25) is 0 Å². The molecule has 2 fully saturated rings. The summed E-state index contributed by atoms with van der Waals surface area (Å²) >= 11 is 6.24. The summed E-state index contributed by atoms with van der Waals surface area (Å²) in [7, 11) is 0. The van der Waals surface area contributed by atoms with Crippen molar-refractivity contribution in [1.82, 2.24) is 0 Å². The van der Waals surface area contributed by atoms with Crippen LogP contribution in [0.25, 0.3) is 0 Å². The average Bonchev–Trinajstić information content (AvgIpc) is 2.89. The Morgan fingerprint density at radius 1 is 1.40 bits per heavy atom. The lowest BCUT2D eigenvalue weighted by Gasteiger charge is -2.37. The van der Waals surface area contributed by atoms with Crippen LogP contribution in [0.1, 0.15) is 24.8 Å². The molecule has 1 aromatic rings. The fourth-order valence-electron chi connectivity index (χ4n) is 2.96. The highest BCUT2D eigenvalue weighted by Gasteiger charge is 2.42. The fraction of sp³-hybridized carbons (Fsp3) is 0.600. The molecule has 2 heterocycles. The zero-order valence-electron chi connectivity index (χ0n) is 11.4. The van der Waals surface area contributed by atoms with E-state index < -0.39 is 0 Å². The van der Waals surface area contributed by atoms with Gasteiger partial charge in [0, 0.05) is 38.0 Å². The van der Waals surface area contributed by atoms with Crippen LogP contribution < -0.4 is 10.5 Å². The number of nitrogens with two attached hydrogens (primary N) is 1. The molecule has 2 saturated heterocycles. The van der Waals surface area contributed by atoms with E-state index in [1.165, 1.54) is 0 Å². The number of hydrogen-bond donors (Lipinski definition) is 1. The Hall–Kier alpha value is -0.810. The first-order valence-corrected chi connectivity index (χ1v) is 7.46. The van der Waals surface area contributed by atoms with Crippen LogP contribution in [0.15, 0.2) is 18.2 Å². The van der Waals surface area contributed by atoms with Crippen molar-refractivity contribution < 1.29 is 14.2 Å². The van der Waals surface area contributed by atoms with Crippen LogP contribution in [0.5, 0.6) is 5.75 Å². The largest absolute Gasteiger partial charge is 0.488 e. The molecular formula is C15H20ClNO3. The number of benzene rings is 1. The summed E-state index contributed by atoms with van der Waals surface area (Å²) in [5, 5.41) is 0.621. The molecule has 2 unspecified atom stereocenters. The van der Waals surface area contributed by atoms with E-state index in [9.17, 15) is 0 Å². The zero-order valence-corrected chi connectivity index (χ0v) is 12.2. The molecule has 3 rings (SSSR count). The van der Waals surface area contributed by atoms with Crippen LogP contribution in [0.2, 0.25) is 5.02 Å². The summed E-state index contributed by atoms with van der Waals surface area (Å²) in [6.45, 7) is 2.57. The van der Waals surface area contributed by atoms with Gasteiger partial charge < -0.3 is 19.9 Å². The van der Waals surface area contributed by atoms with Gasteiger partial charge in [0.25, 0.3) is 0 Å². The summed E-state index contributed by atoms with van der Waals surface area (Å²) in [6, 6.07) is 5.69. The molecule has 110 valence electrons. The number of hydrogen-bond acceptors (Lipinski definition) is 4. The first-order valence-electron chi connectivity index (χ1n) is 7.08. The van der Waals surface area contributed by atoms with Gasteiger partial charge in [0.15, 0.2) is 0 Å². The second-order valence-corrected chi connectivity index (χ2v) is 5.91. The maximum Gasteiger partial charge on any atom is 0.142 e. The van der Waals surface area contributed by atoms with E-state index in [0.29, 0.717) is 24.8 Å². The Bertz CT molecular complexity index is 474. The van der Waals surface area contributed by atoms with E-state index in [1.54, 1.807) is 0 Å². The third-order valence-electron chi connectivity index (χ3n) is 4.07. The summed E-state index contributed by atoms with van der Waals surface area (Å²) in [5.74, 6) is 0.720. The summed E-state index contributed by atoms with van der Waals surface area (Å²) in [5.41, 5.74) is 6.54. The smallest absolute Gasteiger partial charge is 0.142 e. The van der Waals surface area contributed by atoms with E-state index >= 15 is 0 Å². The number of halogens is 1. The number of ether oxygens (including phenoxy) is 3. The predicted octanol–water partition coefficient (Wildman–Crippen LogP) is 2.52. The molecule has 0 saturated carbocycles. The van der Waals surface area contributed by atoms with Gasteiger partial charge in [-0.2, -0.15) is 0 Å². The van der Waals surface area contributed by atoms with E-state index in [4.69, 9.17) is 31.5 Å². The van der Waals surface area contributed by atoms with Gasteiger partial charge in [0.1, 0.15) is 11.9 Å². The molecule has 4 nitrogen and oxygen atoms in total. The van der Waals surface area contributed by atoms with Crippen molar-refractivity contribution in [3.63, 3.8) is 0 Å². The first kappa shape index (κ1) is 14.1. The summed E-state index contributed by atoms with van der Waals surface area (Å²) < 4.78 is 17.5. The van der Waals surface area contributed by atoms with Crippen molar-refractivity contribution in [2.75, 3.05) is 19.8 Å². The molecule has 1 aromatic carbocycles. The van der Waals surface area contributed by atoms with Gasteiger partial charge in [-0.3, -0.25) is 0 Å². The lowest BCUT2D eigenvalue weighted by atomic mass is 9.91. The highest BCUT2D eigenvalue weighted by atomic mass is 35.5. The maximum atomic E-state index is 6.24. The Morgan fingerprint density at radius 3 is 3.05 bits per heavy atom. The van der Waals surface area contributed by atoms with Crippen LogP contribution in [-0.4, -0.2) is 31.5 Å². The van der Waals surface area contributed by atoms with Gasteiger partial charge >= 0.3 is 0 Å². The first-order chi connectivity index (χ1) is 9.72. The molecule has 2 aliphatic heterocycles. The van der Waals surface area contributed by atoms with E-state index in [1.807, 2.05) is 18.2 Å². The minimum absolute atomic E-state index is 0.107. The van der Waals surface area contributed by atoms with Crippen LogP contribution in [0, 0.1) is 0 Å². The molecule has 1 spiro atoms. The lowest BCUT2D eigenvalue weighted by Crippen LogP contribution is -2.44. The molecular weight excluding hydrogens is 278 g/mol. The topological polar surface area (TPSA) is 53.7 Å². The highest BCUT2D eigenvalue weighted by molar-refractivity contribution is 6.32. The van der Waals surface area contributed by atoms with Crippen molar-refractivity contribution in [2.24, 2.45) is 5.73 Å². The molecule has 2 atom stereocenters. The Balaban J connectivity index is 1.74. The molecule has 0 aromatic heterocycles. The summed E-state index contributed by atoms with van der Waals surface area (Å²) in [4.78, 5) is 0. The molecule has 0 radical (unpaired) electrons. The van der Waals surface area contributed by atoms with Crippen molar-refractivity contribution in [2.45, 2.75) is 37.5 Å². The second kappa shape index (κ2) is 5.90. The molecule has 20 heavy (non-hydrogen) atoms. The van der Waals surface area contributed by atoms with Crippen LogP contribution in [0.3, 0.4) is 0 Å². The van der Waals surface area contributed by atoms with E-state index in [-0.39, 0.29) is 11.7 Å². The molecule has 2 N–H and O–H groups in total. The normalized spacial score (nSPS) is 29.8. The Labute approximate surface area is 124 Å². The third-order valence-corrected chi connectivity index (χ3v) is 4.37. The van der Waals surface area contributed by atoms with Crippen molar-refractivity contribution in [3.05, 3.63) is 28.8 Å². The molecule has 5 heteroatoms. The summed E-state index contributed by atoms with van der Waals surface area (Å²) in [6.07, 6.45) is 2.77. The monoisotopic (exact) mass is 297 g/mol. The second-order valence-electron chi connectivity index (χ2n) is 5.50. The van der Waals surface area contributed by atoms with Gasteiger partial charge in [-0.05, 0) is 6.07 Å². The van der Waals surface area contributed by atoms with Crippen LogP contribution in [-0.2, 0) is 16.0 Å². The quantitative estimate of drug-likeness (QED) is 0.931. The van der Waals surface area contributed by atoms with Gasteiger partial charge in [0.05, 0.1) is 23.8 Å². The predicted molar refractivity (Wildman–Crippen MR) is 77.1 cm³/mol. The number of para-hydroxylation sites is 1. The molecule has 0 amide bonds. The zero-order chi connectivity index (χ0) is 14.0. The van der Waals surface area contributed by atoms with Crippen LogP contribution >= 0.6 is 11.6 Å². The van der Waals surface area contributed by atoms with Crippen molar-refractivity contribution in [1.29, 1.82) is 0 Å². The SMILES string of the molecule is NCc1cccc(Cl)c1OC1CCOC2(CCOC2)C1. The van der Waals surface area contributed by atoms with E-state index in [0.717, 1.165) is 37.2 Å². The lowest BCUT2D eigenvalue weighted by molar-refractivity contribution is -0.112. The van der Waals surface area contributed by atoms with Gasteiger partial charge in [-0.25, -0.2) is 0 Å². The molecule has 0 aliphatic carbocycles. The van der Waals surface area contributed by atoms with Crippen molar-refractivity contribution >= 4 is 11.6 Å². The number of rotatable bonds is 3. The Morgan fingerprint density at radius 2 is 2.30 bits per heavy atom. The average molecular weight is 298 g/mol. The van der Waals surface area contributed by atoms with E-state index in [2.05, 4.69) is 0 Å². The maximum absolute atomic E-state index is 6.24. The van der Waals surface area contributed by atoms with Crippen molar-refractivity contribution in [3.8, 4) is 5.75 Å². The molecule has 0 bridgehead atoms. The fourth-order valence-corrected chi connectivity index (χ4v) is 3.20. The minimum Gasteiger partial charge on any atom is -0.488 e. The van der Waals surface area contributed by atoms with Crippen LogP contribution in [0.4, 0.5) is 0 Å². The highest BCUT2D eigenvalue weighted by Crippen LogP contribution is 2.37. The minimum atomic E-state index is -0.160. The standard InChI is InChI=1S/C15H20ClNO3/c16-13-3-1-2-11(9-17)14(13)20-12-4-6-19-15(8-12)5-7-18-10-15/h1-3,12H,4-10,17H2. The Kier molecular flexibility index (Phi) is 4.17. The van der Waals surface area contributed by atoms with Gasteiger partial charge in [-0.1, -0.05) is 23.7 Å². The van der Waals surface area contributed by atoms with Gasteiger partial charge in [-0.15, -0.1) is 0 Å².